The van der Waals surface area contributed by atoms with Gasteiger partial charge in [0.25, 0.3) is 0 Å². The van der Waals surface area contributed by atoms with Crippen LogP contribution in [0.25, 0.3) is 10.9 Å². The molecule has 1 aliphatic rings. The van der Waals surface area contributed by atoms with Gasteiger partial charge in [0.15, 0.2) is 5.11 Å². The first-order valence-electron chi connectivity index (χ1n) is 8.70. The van der Waals surface area contributed by atoms with E-state index < -0.39 is 0 Å². The van der Waals surface area contributed by atoms with E-state index in [0.29, 0.717) is 10.1 Å². The van der Waals surface area contributed by atoms with Crippen molar-refractivity contribution in [2.24, 2.45) is 0 Å². The lowest BCUT2D eigenvalue weighted by atomic mass is 9.93. The zero-order valence-electron chi connectivity index (χ0n) is 14.2. The van der Waals surface area contributed by atoms with Crippen LogP contribution in [0.4, 0.5) is 11.4 Å². The Balaban J connectivity index is 1.56. The molecule has 0 bridgehead atoms. The van der Waals surface area contributed by atoms with Crippen LogP contribution >= 0.6 is 23.8 Å². The van der Waals surface area contributed by atoms with Crippen molar-refractivity contribution in [1.29, 1.82) is 0 Å². The van der Waals surface area contributed by atoms with Crippen molar-refractivity contribution in [2.45, 2.75) is 25.7 Å². The Morgan fingerprint density at radius 3 is 2.62 bits per heavy atom. The summed E-state index contributed by atoms with van der Waals surface area (Å²) in [7, 11) is 0. The largest absolute Gasteiger partial charge is 0.331 e. The van der Waals surface area contributed by atoms with Crippen LogP contribution in [0, 0.1) is 0 Å². The van der Waals surface area contributed by atoms with E-state index in [1.165, 1.54) is 24.1 Å². The van der Waals surface area contributed by atoms with Gasteiger partial charge < -0.3 is 5.32 Å². The van der Waals surface area contributed by atoms with Gasteiger partial charge in [-0.3, -0.25) is 15.8 Å². The second-order valence-electron chi connectivity index (χ2n) is 6.35. The van der Waals surface area contributed by atoms with Crippen molar-refractivity contribution in [2.75, 3.05) is 10.7 Å². The van der Waals surface area contributed by atoms with Gasteiger partial charge in [0.1, 0.15) is 0 Å². The molecule has 3 N–H and O–H groups in total. The van der Waals surface area contributed by atoms with E-state index in [-0.39, 0.29) is 0 Å². The minimum absolute atomic E-state index is 0.498. The summed E-state index contributed by atoms with van der Waals surface area (Å²) < 4.78 is 0. The number of hydrazine groups is 1. The molecule has 1 aromatic heterocycles. The Labute approximate surface area is 162 Å². The van der Waals surface area contributed by atoms with Crippen LogP contribution < -0.4 is 16.2 Å². The van der Waals surface area contributed by atoms with E-state index in [1.54, 1.807) is 0 Å². The maximum atomic E-state index is 5.92. The molecule has 1 aliphatic carbocycles. The smallest absolute Gasteiger partial charge is 0.189 e. The van der Waals surface area contributed by atoms with E-state index in [2.05, 4.69) is 28.3 Å². The SMILES string of the molecule is S=C(NNc1c2c(nc3ccccc13)CCCC2)Nc1ccc(Cl)cc1. The molecule has 0 unspecified atom stereocenters. The Hall–Kier alpha value is -2.37. The van der Waals surface area contributed by atoms with E-state index in [4.69, 9.17) is 28.8 Å². The van der Waals surface area contributed by atoms with Gasteiger partial charge in [0.05, 0.1) is 11.2 Å². The van der Waals surface area contributed by atoms with Gasteiger partial charge >= 0.3 is 0 Å². The number of anilines is 2. The predicted octanol–water partition coefficient (Wildman–Crippen LogP) is 5.08. The lowest BCUT2D eigenvalue weighted by molar-refractivity contribution is 0.671. The van der Waals surface area contributed by atoms with Crippen LogP contribution in [0.1, 0.15) is 24.1 Å². The Kier molecular flexibility index (Phi) is 4.91. The first-order chi connectivity index (χ1) is 12.7. The lowest BCUT2D eigenvalue weighted by Gasteiger charge is -2.22. The van der Waals surface area contributed by atoms with Gasteiger partial charge in [-0.1, -0.05) is 29.8 Å². The number of halogens is 1. The van der Waals surface area contributed by atoms with Crippen molar-refractivity contribution in [3.05, 3.63) is 64.8 Å². The summed E-state index contributed by atoms with van der Waals surface area (Å²) >= 11 is 11.3. The van der Waals surface area contributed by atoms with Crippen molar-refractivity contribution in [3.63, 3.8) is 0 Å². The summed E-state index contributed by atoms with van der Waals surface area (Å²) in [5.74, 6) is 0. The molecule has 0 fully saturated rings. The van der Waals surface area contributed by atoms with Crippen LogP contribution in [-0.4, -0.2) is 10.1 Å². The maximum absolute atomic E-state index is 5.92. The first kappa shape index (κ1) is 17.1. The quantitative estimate of drug-likeness (QED) is 0.435. The van der Waals surface area contributed by atoms with Crippen LogP contribution in [0.2, 0.25) is 5.02 Å². The topological polar surface area (TPSA) is 49.0 Å². The van der Waals surface area contributed by atoms with Gasteiger partial charge in [-0.15, -0.1) is 0 Å². The molecule has 0 amide bonds. The number of nitrogens with one attached hydrogen (secondary N) is 3. The summed E-state index contributed by atoms with van der Waals surface area (Å²) in [5, 5.41) is 5.45. The molecule has 0 saturated heterocycles. The molecular formula is C20H19ClN4S. The second-order valence-corrected chi connectivity index (χ2v) is 7.19. The molecule has 3 aromatic rings. The molecular weight excluding hydrogens is 364 g/mol. The molecule has 0 atom stereocenters. The zero-order chi connectivity index (χ0) is 17.9. The monoisotopic (exact) mass is 382 g/mol. The van der Waals surface area contributed by atoms with Crippen LogP contribution in [0.3, 0.4) is 0 Å². The van der Waals surface area contributed by atoms with Gasteiger partial charge in [0.2, 0.25) is 0 Å². The van der Waals surface area contributed by atoms with Gasteiger partial charge in [-0.05, 0) is 73.8 Å². The number of thiocarbonyl (C=S) groups is 1. The van der Waals surface area contributed by atoms with E-state index in [0.717, 1.165) is 35.1 Å². The van der Waals surface area contributed by atoms with Crippen LogP contribution in [0.15, 0.2) is 48.5 Å². The summed E-state index contributed by atoms with van der Waals surface area (Å²) in [6.45, 7) is 0. The minimum atomic E-state index is 0.498. The van der Waals surface area contributed by atoms with Crippen LogP contribution in [0.5, 0.6) is 0 Å². The molecule has 132 valence electrons. The number of aryl methyl sites for hydroxylation is 1. The number of fused-ring (bicyclic) bond motifs is 2. The molecule has 26 heavy (non-hydrogen) atoms. The number of pyridine rings is 1. The van der Waals surface area contributed by atoms with E-state index in [1.807, 2.05) is 36.4 Å². The Bertz CT molecular complexity index is 956. The fraction of sp³-hybridized carbons (Fsp3) is 0.200. The van der Waals surface area contributed by atoms with Gasteiger partial charge in [-0.25, -0.2) is 0 Å². The van der Waals surface area contributed by atoms with Crippen LogP contribution in [-0.2, 0) is 12.8 Å². The third-order valence-electron chi connectivity index (χ3n) is 4.57. The lowest BCUT2D eigenvalue weighted by Crippen LogP contribution is -2.34. The average Bonchev–Trinajstić information content (AvgIpc) is 2.67. The first-order valence-corrected chi connectivity index (χ1v) is 9.48. The molecule has 4 rings (SSSR count). The molecule has 0 aliphatic heterocycles. The highest BCUT2D eigenvalue weighted by Gasteiger charge is 2.18. The summed E-state index contributed by atoms with van der Waals surface area (Å²) in [4.78, 5) is 4.85. The Morgan fingerprint density at radius 1 is 1.00 bits per heavy atom. The molecule has 4 nitrogen and oxygen atoms in total. The average molecular weight is 383 g/mol. The summed E-state index contributed by atoms with van der Waals surface area (Å²) in [6.07, 6.45) is 4.45. The predicted molar refractivity (Wildman–Crippen MR) is 113 cm³/mol. The molecule has 0 spiro atoms. The molecule has 6 heteroatoms. The highest BCUT2D eigenvalue weighted by Crippen LogP contribution is 2.32. The summed E-state index contributed by atoms with van der Waals surface area (Å²) in [5.41, 5.74) is 11.9. The molecule has 0 saturated carbocycles. The molecule has 2 aromatic carbocycles. The number of rotatable bonds is 3. The number of hydrogen-bond acceptors (Lipinski definition) is 3. The third-order valence-corrected chi connectivity index (χ3v) is 5.03. The Morgan fingerprint density at radius 2 is 1.77 bits per heavy atom. The normalized spacial score (nSPS) is 13.1. The van der Waals surface area contributed by atoms with E-state index >= 15 is 0 Å². The highest BCUT2D eigenvalue weighted by atomic mass is 35.5. The standard InChI is InChI=1S/C20H19ClN4S/c21-13-9-11-14(12-10-13)22-20(26)25-24-19-15-5-1-3-7-17(15)23-18-8-4-2-6-16(18)19/h1,3,5,7,9-12H,2,4,6,8H2,(H,23,24)(H2,22,25,26). The number of benzene rings is 2. The zero-order valence-corrected chi connectivity index (χ0v) is 15.8. The minimum Gasteiger partial charge on any atom is -0.331 e. The number of hydrogen-bond donors (Lipinski definition) is 3. The highest BCUT2D eigenvalue weighted by molar-refractivity contribution is 7.80. The molecule has 1 heterocycles. The fourth-order valence-electron chi connectivity index (χ4n) is 3.33. The second kappa shape index (κ2) is 7.48. The van der Waals surface area contributed by atoms with Crippen molar-refractivity contribution < 1.29 is 0 Å². The van der Waals surface area contributed by atoms with E-state index in [9.17, 15) is 0 Å². The van der Waals surface area contributed by atoms with Gasteiger partial charge in [-0.2, -0.15) is 0 Å². The number of para-hydroxylation sites is 1. The number of nitrogens with zero attached hydrogens (tertiary/aromatic N) is 1. The third kappa shape index (κ3) is 3.59. The maximum Gasteiger partial charge on any atom is 0.189 e. The number of aromatic nitrogens is 1. The molecule has 0 radical (unpaired) electrons. The fourth-order valence-corrected chi connectivity index (χ4v) is 3.63. The summed E-state index contributed by atoms with van der Waals surface area (Å²) in [6, 6.07) is 15.6. The van der Waals surface area contributed by atoms with Crippen molar-refractivity contribution in [1.82, 2.24) is 10.4 Å². The van der Waals surface area contributed by atoms with Crippen molar-refractivity contribution in [3.8, 4) is 0 Å². The van der Waals surface area contributed by atoms with Crippen molar-refractivity contribution >= 4 is 51.2 Å². The van der Waals surface area contributed by atoms with Gasteiger partial charge in [0, 0.05) is 21.8 Å².